The SMILES string of the molecule is CC(=O)OCCCCC(=O)OC[C@@H](Cc1c(Cl)c[nH+]cc1Cl)c1ccc(OC(F)F)c(OCC2CC2)c1. The van der Waals surface area contributed by atoms with Gasteiger partial charge in [0.25, 0.3) is 0 Å². The number of aromatic amines is 1. The van der Waals surface area contributed by atoms with Crippen molar-refractivity contribution in [3.63, 3.8) is 0 Å². The van der Waals surface area contributed by atoms with Gasteiger partial charge in [0, 0.05) is 24.8 Å². The van der Waals surface area contributed by atoms with E-state index >= 15 is 0 Å². The summed E-state index contributed by atoms with van der Waals surface area (Å²) in [5, 5.41) is 0.828. The number of benzene rings is 1. The molecule has 0 aliphatic heterocycles. The zero-order valence-electron chi connectivity index (χ0n) is 20.4. The lowest BCUT2D eigenvalue weighted by atomic mass is 9.92. The molecule has 0 unspecified atom stereocenters. The number of unbranched alkanes of at least 4 members (excludes halogenated alkanes) is 1. The average Bonchev–Trinajstić information content (AvgIpc) is 3.67. The summed E-state index contributed by atoms with van der Waals surface area (Å²) in [7, 11) is 0. The smallest absolute Gasteiger partial charge is 0.387 e. The monoisotopic (exact) mass is 560 g/mol. The summed E-state index contributed by atoms with van der Waals surface area (Å²) in [6.07, 6.45) is 6.78. The maximum absolute atomic E-state index is 13.0. The van der Waals surface area contributed by atoms with Gasteiger partial charge in [-0.2, -0.15) is 8.78 Å². The first-order chi connectivity index (χ1) is 17.7. The minimum absolute atomic E-state index is 0.00512. The van der Waals surface area contributed by atoms with E-state index in [1.54, 1.807) is 24.5 Å². The molecule has 1 heterocycles. The number of pyridine rings is 1. The Labute approximate surface area is 224 Å². The molecule has 0 amide bonds. The van der Waals surface area contributed by atoms with E-state index in [1.807, 2.05) is 0 Å². The number of aromatic nitrogens is 1. The summed E-state index contributed by atoms with van der Waals surface area (Å²) in [4.78, 5) is 26.1. The van der Waals surface area contributed by atoms with Crippen LogP contribution in [0.15, 0.2) is 30.6 Å². The van der Waals surface area contributed by atoms with Crippen LogP contribution in [0.5, 0.6) is 11.5 Å². The van der Waals surface area contributed by atoms with Crippen LogP contribution in [0, 0.1) is 5.92 Å². The normalized spacial score (nSPS) is 13.8. The highest BCUT2D eigenvalue weighted by Gasteiger charge is 2.25. The van der Waals surface area contributed by atoms with Gasteiger partial charge in [0.05, 0.1) is 19.8 Å². The van der Waals surface area contributed by atoms with Crippen LogP contribution in [0.2, 0.25) is 10.0 Å². The highest BCUT2D eigenvalue weighted by molar-refractivity contribution is 6.35. The van der Waals surface area contributed by atoms with E-state index in [-0.39, 0.29) is 37.1 Å². The van der Waals surface area contributed by atoms with Crippen LogP contribution < -0.4 is 14.5 Å². The van der Waals surface area contributed by atoms with E-state index in [4.69, 9.17) is 37.4 Å². The fraction of sp³-hybridized carbons (Fsp3) is 0.500. The largest absolute Gasteiger partial charge is 0.489 e. The molecule has 1 aromatic heterocycles. The van der Waals surface area contributed by atoms with E-state index in [9.17, 15) is 18.4 Å². The molecule has 11 heteroatoms. The van der Waals surface area contributed by atoms with Crippen LogP contribution in [0.25, 0.3) is 0 Å². The molecular formula is C26H30Cl2F2NO6+. The van der Waals surface area contributed by atoms with E-state index in [0.29, 0.717) is 53.0 Å². The lowest BCUT2D eigenvalue weighted by molar-refractivity contribution is -0.377. The van der Waals surface area contributed by atoms with Crippen LogP contribution in [0.1, 0.15) is 56.1 Å². The van der Waals surface area contributed by atoms with Gasteiger partial charge in [0.2, 0.25) is 0 Å². The topological polar surface area (TPSA) is 85.2 Å². The summed E-state index contributed by atoms with van der Waals surface area (Å²) in [5.74, 6) is -0.635. The van der Waals surface area contributed by atoms with Crippen molar-refractivity contribution in [1.29, 1.82) is 0 Å². The second-order valence-corrected chi connectivity index (χ2v) is 9.66. The molecule has 0 spiro atoms. The summed E-state index contributed by atoms with van der Waals surface area (Å²) >= 11 is 12.7. The molecule has 37 heavy (non-hydrogen) atoms. The fourth-order valence-electron chi connectivity index (χ4n) is 3.62. The summed E-state index contributed by atoms with van der Waals surface area (Å²) in [5.41, 5.74) is 1.34. The molecule has 1 aliphatic rings. The van der Waals surface area contributed by atoms with E-state index in [2.05, 4.69) is 9.72 Å². The zero-order chi connectivity index (χ0) is 26.8. The standard InChI is InChI=1S/C26H29Cl2F2NO6/c1-16(32)34-9-3-2-4-25(33)36-15-19(10-20-21(27)12-31-13-22(20)28)18-7-8-23(37-26(29)30)24(11-18)35-14-17-5-6-17/h7-8,11-13,17,19,26H,2-6,9-10,14-15H2,1H3/p+1/t19-/m1/s1. The van der Waals surface area contributed by atoms with Crippen LogP contribution in [-0.4, -0.2) is 38.4 Å². The number of nitrogens with one attached hydrogen (secondary N) is 1. The Morgan fingerprint density at radius 3 is 2.46 bits per heavy atom. The van der Waals surface area contributed by atoms with Gasteiger partial charge in [-0.15, -0.1) is 0 Å². The number of halogens is 4. The molecule has 0 saturated heterocycles. The predicted molar refractivity (Wildman–Crippen MR) is 132 cm³/mol. The first-order valence-electron chi connectivity index (χ1n) is 12.1. The zero-order valence-corrected chi connectivity index (χ0v) is 22.0. The Morgan fingerprint density at radius 1 is 1.08 bits per heavy atom. The van der Waals surface area contributed by atoms with Gasteiger partial charge in [0.1, 0.15) is 10.0 Å². The third-order valence-electron chi connectivity index (χ3n) is 5.80. The molecule has 7 nitrogen and oxygen atoms in total. The second-order valence-electron chi connectivity index (χ2n) is 8.85. The third kappa shape index (κ3) is 9.97. The maximum atomic E-state index is 13.0. The molecule has 0 radical (unpaired) electrons. The van der Waals surface area contributed by atoms with Crippen molar-refractivity contribution in [2.75, 3.05) is 19.8 Å². The summed E-state index contributed by atoms with van der Waals surface area (Å²) in [6.45, 7) is -1.02. The Morgan fingerprint density at radius 2 is 1.81 bits per heavy atom. The maximum Gasteiger partial charge on any atom is 0.387 e. The first kappa shape index (κ1) is 28.9. The first-order valence-corrected chi connectivity index (χ1v) is 12.8. The van der Waals surface area contributed by atoms with Crippen molar-refractivity contribution in [2.45, 2.75) is 58.0 Å². The molecule has 1 aromatic carbocycles. The van der Waals surface area contributed by atoms with Gasteiger partial charge in [-0.25, -0.2) is 4.98 Å². The lowest BCUT2D eigenvalue weighted by Crippen LogP contribution is -2.17. The number of alkyl halides is 2. The van der Waals surface area contributed by atoms with E-state index in [1.165, 1.54) is 13.0 Å². The minimum atomic E-state index is -3.00. The van der Waals surface area contributed by atoms with Gasteiger partial charge in [0.15, 0.2) is 23.9 Å². The Kier molecular flexibility index (Phi) is 11.2. The number of carbonyl (C=O) groups excluding carboxylic acids is 2. The Bertz CT molecular complexity index is 1050. The van der Waals surface area contributed by atoms with Gasteiger partial charge in [-0.3, -0.25) is 9.59 Å². The predicted octanol–water partition coefficient (Wildman–Crippen LogP) is 5.80. The molecular weight excluding hydrogens is 531 g/mol. The number of hydrogen-bond donors (Lipinski definition) is 0. The molecule has 3 rings (SSSR count). The lowest BCUT2D eigenvalue weighted by Gasteiger charge is -2.21. The highest BCUT2D eigenvalue weighted by Crippen LogP contribution is 2.37. The van der Waals surface area contributed by atoms with Crippen LogP contribution in [0.4, 0.5) is 8.78 Å². The molecule has 1 N–H and O–H groups in total. The average molecular weight is 561 g/mol. The Hall–Kier alpha value is -2.65. The number of H-pyrrole nitrogens is 1. The molecule has 1 atom stereocenters. The quantitative estimate of drug-likeness (QED) is 0.202. The van der Waals surface area contributed by atoms with Crippen molar-refractivity contribution in [2.24, 2.45) is 5.92 Å². The van der Waals surface area contributed by atoms with Gasteiger partial charge >= 0.3 is 18.6 Å². The van der Waals surface area contributed by atoms with E-state index < -0.39 is 18.5 Å². The van der Waals surface area contributed by atoms with Crippen LogP contribution in [0.3, 0.4) is 0 Å². The number of hydrogen-bond acceptors (Lipinski definition) is 6. The third-order valence-corrected chi connectivity index (χ3v) is 6.47. The van der Waals surface area contributed by atoms with Gasteiger partial charge in [-0.05, 0) is 55.7 Å². The molecule has 202 valence electrons. The Balaban J connectivity index is 1.75. The fourth-order valence-corrected chi connectivity index (χ4v) is 4.15. The second kappa shape index (κ2) is 14.3. The molecule has 0 bridgehead atoms. The van der Waals surface area contributed by atoms with Crippen molar-refractivity contribution in [1.82, 2.24) is 0 Å². The van der Waals surface area contributed by atoms with Crippen molar-refractivity contribution in [3.05, 3.63) is 51.8 Å². The van der Waals surface area contributed by atoms with Crippen LogP contribution >= 0.6 is 23.2 Å². The van der Waals surface area contributed by atoms with Crippen molar-refractivity contribution in [3.8, 4) is 11.5 Å². The van der Waals surface area contributed by atoms with Crippen LogP contribution in [-0.2, 0) is 25.5 Å². The summed E-state index contributed by atoms with van der Waals surface area (Å²) in [6, 6.07) is 4.69. The molecule has 1 aliphatic carbocycles. The number of rotatable bonds is 15. The van der Waals surface area contributed by atoms with E-state index in [0.717, 1.165) is 12.8 Å². The number of ether oxygens (including phenoxy) is 4. The number of carbonyl (C=O) groups is 2. The minimum Gasteiger partial charge on any atom is -0.489 e. The molecule has 1 fully saturated rings. The summed E-state index contributed by atoms with van der Waals surface area (Å²) < 4.78 is 46.8. The van der Waals surface area contributed by atoms with Gasteiger partial charge < -0.3 is 18.9 Å². The van der Waals surface area contributed by atoms with Crippen molar-refractivity contribution >= 4 is 35.1 Å². The highest BCUT2D eigenvalue weighted by atomic mass is 35.5. The van der Waals surface area contributed by atoms with Crippen molar-refractivity contribution < 1.29 is 42.3 Å². The molecule has 1 saturated carbocycles. The molecule has 2 aromatic rings. The number of esters is 2. The van der Waals surface area contributed by atoms with Gasteiger partial charge in [-0.1, -0.05) is 29.3 Å².